The molecule has 1 rings (SSSR count). The molecular formula is C13H30N4O2S. The lowest BCUT2D eigenvalue weighted by Crippen LogP contribution is -2.50. The van der Waals surface area contributed by atoms with Crippen molar-refractivity contribution in [1.82, 2.24) is 19.4 Å². The first kappa shape index (κ1) is 17.8. The molecule has 0 radical (unpaired) electrons. The van der Waals surface area contributed by atoms with Crippen LogP contribution in [0.2, 0.25) is 0 Å². The van der Waals surface area contributed by atoms with Crippen LogP contribution in [-0.4, -0.2) is 95.2 Å². The summed E-state index contributed by atoms with van der Waals surface area (Å²) in [7, 11) is 2.96. The normalized spacial score (nSPS) is 18.8. The van der Waals surface area contributed by atoms with Gasteiger partial charge in [0.15, 0.2) is 0 Å². The zero-order valence-corrected chi connectivity index (χ0v) is 14.0. The SMILES string of the molecule is CNCCCCS(=O)(=O)N1CCN(CCN(C)C)CC1. The third-order valence-corrected chi connectivity index (χ3v) is 5.62. The van der Waals surface area contributed by atoms with E-state index in [-0.39, 0.29) is 5.75 Å². The number of hydrogen-bond acceptors (Lipinski definition) is 5. The Balaban J connectivity index is 2.28. The molecule has 120 valence electrons. The second-order valence-electron chi connectivity index (χ2n) is 5.67. The van der Waals surface area contributed by atoms with Crippen molar-refractivity contribution >= 4 is 10.0 Å². The van der Waals surface area contributed by atoms with E-state index < -0.39 is 10.0 Å². The van der Waals surface area contributed by atoms with Gasteiger partial charge in [0.05, 0.1) is 5.75 Å². The van der Waals surface area contributed by atoms with E-state index in [4.69, 9.17) is 0 Å². The Bertz CT molecular complexity index is 351. The summed E-state index contributed by atoms with van der Waals surface area (Å²) in [4.78, 5) is 4.50. The van der Waals surface area contributed by atoms with Gasteiger partial charge in [-0.2, -0.15) is 4.31 Å². The standard InChI is InChI=1S/C13H30N4O2S/c1-14-6-4-5-13-20(18,19)17-11-9-16(10-12-17)8-7-15(2)3/h14H,4-13H2,1-3H3. The fourth-order valence-electron chi connectivity index (χ4n) is 2.29. The quantitative estimate of drug-likeness (QED) is 0.582. The summed E-state index contributed by atoms with van der Waals surface area (Å²) in [5.41, 5.74) is 0. The van der Waals surface area contributed by atoms with Gasteiger partial charge in [-0.15, -0.1) is 0 Å². The van der Waals surface area contributed by atoms with Gasteiger partial charge in [0, 0.05) is 39.3 Å². The molecule has 1 aliphatic rings. The van der Waals surface area contributed by atoms with Crippen molar-refractivity contribution in [2.45, 2.75) is 12.8 Å². The van der Waals surface area contributed by atoms with Gasteiger partial charge in [-0.05, 0) is 40.5 Å². The summed E-state index contributed by atoms with van der Waals surface area (Å²) in [5.74, 6) is 0.284. The van der Waals surface area contributed by atoms with E-state index in [0.717, 1.165) is 45.6 Å². The summed E-state index contributed by atoms with van der Waals surface area (Å²) in [6.45, 7) is 5.91. The average molecular weight is 306 g/mol. The second-order valence-corrected chi connectivity index (χ2v) is 7.76. The average Bonchev–Trinajstić information content (AvgIpc) is 2.42. The number of piperazine rings is 1. The van der Waals surface area contributed by atoms with Gasteiger partial charge in [-0.25, -0.2) is 8.42 Å². The van der Waals surface area contributed by atoms with Crippen LogP contribution in [0.3, 0.4) is 0 Å². The molecule has 0 saturated carbocycles. The highest BCUT2D eigenvalue weighted by Crippen LogP contribution is 2.09. The molecule has 0 atom stereocenters. The van der Waals surface area contributed by atoms with Crippen molar-refractivity contribution in [1.29, 1.82) is 0 Å². The van der Waals surface area contributed by atoms with Crippen LogP contribution in [0.5, 0.6) is 0 Å². The van der Waals surface area contributed by atoms with Crippen molar-refractivity contribution in [3.63, 3.8) is 0 Å². The monoisotopic (exact) mass is 306 g/mol. The van der Waals surface area contributed by atoms with Crippen LogP contribution in [0.4, 0.5) is 0 Å². The third kappa shape index (κ3) is 6.49. The summed E-state index contributed by atoms with van der Waals surface area (Å²) in [6, 6.07) is 0. The summed E-state index contributed by atoms with van der Waals surface area (Å²) >= 11 is 0. The number of sulfonamides is 1. The predicted octanol–water partition coefficient (Wildman–Crippen LogP) is -0.505. The molecule has 20 heavy (non-hydrogen) atoms. The van der Waals surface area contributed by atoms with Crippen LogP contribution in [0.25, 0.3) is 0 Å². The van der Waals surface area contributed by atoms with E-state index in [2.05, 4.69) is 29.2 Å². The van der Waals surface area contributed by atoms with Gasteiger partial charge < -0.3 is 10.2 Å². The highest BCUT2D eigenvalue weighted by molar-refractivity contribution is 7.89. The number of unbranched alkanes of at least 4 members (excludes halogenated alkanes) is 1. The van der Waals surface area contributed by atoms with Crippen molar-refractivity contribution in [2.75, 3.05) is 72.7 Å². The molecule has 1 heterocycles. The fraction of sp³-hybridized carbons (Fsp3) is 1.00. The van der Waals surface area contributed by atoms with Crippen LogP contribution in [-0.2, 0) is 10.0 Å². The molecule has 0 spiro atoms. The zero-order chi connectivity index (χ0) is 15.0. The van der Waals surface area contributed by atoms with Crippen molar-refractivity contribution < 1.29 is 8.42 Å². The first-order valence-corrected chi connectivity index (χ1v) is 9.06. The van der Waals surface area contributed by atoms with Gasteiger partial charge in [-0.3, -0.25) is 4.90 Å². The predicted molar refractivity (Wildman–Crippen MR) is 83.5 cm³/mol. The molecule has 0 aromatic rings. The van der Waals surface area contributed by atoms with Crippen LogP contribution in [0.15, 0.2) is 0 Å². The Hall–Kier alpha value is -0.210. The molecule has 1 saturated heterocycles. The number of nitrogens with zero attached hydrogens (tertiary/aromatic N) is 3. The summed E-state index contributed by atoms with van der Waals surface area (Å²) in [5, 5.41) is 3.04. The first-order valence-electron chi connectivity index (χ1n) is 7.45. The van der Waals surface area contributed by atoms with E-state index in [1.54, 1.807) is 4.31 Å². The second kappa shape index (κ2) is 8.94. The maximum absolute atomic E-state index is 12.2. The molecule has 0 bridgehead atoms. The highest BCUT2D eigenvalue weighted by Gasteiger charge is 2.26. The Morgan fingerprint density at radius 3 is 2.30 bits per heavy atom. The molecule has 0 unspecified atom stereocenters. The molecule has 1 fully saturated rings. The molecular weight excluding hydrogens is 276 g/mol. The van der Waals surface area contributed by atoms with Gasteiger partial charge in [0.1, 0.15) is 0 Å². The highest BCUT2D eigenvalue weighted by atomic mass is 32.2. The van der Waals surface area contributed by atoms with Gasteiger partial charge in [-0.1, -0.05) is 0 Å². The van der Waals surface area contributed by atoms with Crippen LogP contribution in [0.1, 0.15) is 12.8 Å². The van der Waals surface area contributed by atoms with Crippen molar-refractivity contribution in [3.05, 3.63) is 0 Å². The topological polar surface area (TPSA) is 55.9 Å². The molecule has 0 aromatic heterocycles. The first-order chi connectivity index (χ1) is 9.45. The minimum atomic E-state index is -3.05. The third-order valence-electron chi connectivity index (χ3n) is 3.67. The van der Waals surface area contributed by atoms with Crippen molar-refractivity contribution in [3.8, 4) is 0 Å². The minimum absolute atomic E-state index is 0.284. The smallest absolute Gasteiger partial charge is 0.214 e. The number of nitrogens with one attached hydrogen (secondary N) is 1. The lowest BCUT2D eigenvalue weighted by Gasteiger charge is -2.34. The molecule has 0 aliphatic carbocycles. The molecule has 1 N–H and O–H groups in total. The summed E-state index contributed by atoms with van der Waals surface area (Å²) in [6.07, 6.45) is 1.66. The van der Waals surface area contributed by atoms with Crippen molar-refractivity contribution in [2.24, 2.45) is 0 Å². The number of hydrogen-bond donors (Lipinski definition) is 1. The number of likely N-dealkylation sites (N-methyl/N-ethyl adjacent to an activating group) is 1. The Morgan fingerprint density at radius 1 is 1.10 bits per heavy atom. The Morgan fingerprint density at radius 2 is 1.75 bits per heavy atom. The minimum Gasteiger partial charge on any atom is -0.320 e. The maximum atomic E-state index is 12.2. The van der Waals surface area contributed by atoms with Gasteiger partial charge in [0.25, 0.3) is 0 Å². The maximum Gasteiger partial charge on any atom is 0.214 e. The lowest BCUT2D eigenvalue weighted by molar-refractivity contribution is 0.174. The van der Waals surface area contributed by atoms with E-state index in [1.807, 2.05) is 7.05 Å². The van der Waals surface area contributed by atoms with E-state index >= 15 is 0 Å². The van der Waals surface area contributed by atoms with Crippen LogP contribution >= 0.6 is 0 Å². The van der Waals surface area contributed by atoms with Gasteiger partial charge in [0.2, 0.25) is 10.0 Å². The summed E-state index contributed by atoms with van der Waals surface area (Å²) < 4.78 is 26.1. The lowest BCUT2D eigenvalue weighted by atomic mass is 10.3. The largest absolute Gasteiger partial charge is 0.320 e. The van der Waals surface area contributed by atoms with E-state index in [9.17, 15) is 8.42 Å². The molecule has 1 aliphatic heterocycles. The van der Waals surface area contributed by atoms with E-state index in [0.29, 0.717) is 13.1 Å². The zero-order valence-electron chi connectivity index (χ0n) is 13.1. The molecule has 6 nitrogen and oxygen atoms in total. The molecule has 0 amide bonds. The Labute approximate surface area is 124 Å². The fourth-order valence-corrected chi connectivity index (χ4v) is 3.83. The molecule has 0 aromatic carbocycles. The van der Waals surface area contributed by atoms with Crippen LogP contribution < -0.4 is 5.32 Å². The van der Waals surface area contributed by atoms with Crippen LogP contribution in [0, 0.1) is 0 Å². The molecule has 7 heteroatoms. The van der Waals surface area contributed by atoms with Gasteiger partial charge >= 0.3 is 0 Å². The number of rotatable bonds is 9. The Kier molecular flexibility index (Phi) is 7.98. The van der Waals surface area contributed by atoms with E-state index in [1.165, 1.54) is 0 Å².